The zero-order valence-electron chi connectivity index (χ0n) is 20.3. The molecule has 2 atom stereocenters. The zero-order valence-corrected chi connectivity index (χ0v) is 21.1. The maximum atomic E-state index is 12.8. The van der Waals surface area contributed by atoms with Gasteiger partial charge in [-0.1, -0.05) is 32.4 Å². The Morgan fingerprint density at radius 1 is 1.03 bits per heavy atom. The number of sulfonamides is 1. The molecule has 1 amide bonds. The minimum atomic E-state index is -3.40. The Kier molecular flexibility index (Phi) is 8.39. The topological polar surface area (TPSA) is 69.7 Å². The second-order valence-electron chi connectivity index (χ2n) is 10.5. The Hall–Kier alpha value is -1.44. The number of benzene rings is 1. The lowest BCUT2D eigenvalue weighted by atomic mass is 9.88. The molecule has 0 aliphatic carbocycles. The molecule has 180 valence electrons. The van der Waals surface area contributed by atoms with Gasteiger partial charge in [0.15, 0.2) is 0 Å². The lowest BCUT2D eigenvalue weighted by Crippen LogP contribution is -2.56. The van der Waals surface area contributed by atoms with Crippen LogP contribution >= 0.6 is 0 Å². The molecule has 0 saturated carbocycles. The summed E-state index contributed by atoms with van der Waals surface area (Å²) in [6.45, 7) is 13.0. The van der Waals surface area contributed by atoms with Crippen LogP contribution in [0.15, 0.2) is 29.2 Å². The second kappa shape index (κ2) is 10.7. The number of aryl methyl sites for hydroxylation is 1. The quantitative estimate of drug-likeness (QED) is 0.639. The zero-order chi connectivity index (χ0) is 23.4. The Morgan fingerprint density at radius 3 is 2.22 bits per heavy atom. The van der Waals surface area contributed by atoms with E-state index in [9.17, 15) is 13.2 Å². The van der Waals surface area contributed by atoms with E-state index in [1.54, 1.807) is 16.4 Å². The molecule has 1 N–H and O–H groups in total. The van der Waals surface area contributed by atoms with Crippen LogP contribution in [-0.2, 0) is 21.2 Å². The van der Waals surface area contributed by atoms with Gasteiger partial charge in [-0.05, 0) is 69.1 Å². The summed E-state index contributed by atoms with van der Waals surface area (Å²) < 4.78 is 27.1. The standard InChI is InChI=1S/C25H41N3O3S/c1-20-16-21(2)18-27(17-20)25(3,4)19-26-24(29)13-10-22-8-11-23(12-9-22)32(30,31)28-14-6-5-7-15-28/h8-9,11-12,20-21H,5-7,10,13-19H2,1-4H3,(H,26,29). The van der Waals surface area contributed by atoms with Gasteiger partial charge in [0.25, 0.3) is 0 Å². The van der Waals surface area contributed by atoms with Crippen LogP contribution in [0.5, 0.6) is 0 Å². The summed E-state index contributed by atoms with van der Waals surface area (Å²) in [6.07, 6.45) is 5.24. The molecule has 1 aromatic carbocycles. The molecule has 0 radical (unpaired) electrons. The first kappa shape index (κ1) is 25.2. The highest BCUT2D eigenvalue weighted by molar-refractivity contribution is 7.89. The molecule has 2 heterocycles. The highest BCUT2D eigenvalue weighted by atomic mass is 32.2. The second-order valence-corrected chi connectivity index (χ2v) is 12.5. The maximum absolute atomic E-state index is 12.8. The summed E-state index contributed by atoms with van der Waals surface area (Å²) in [5.74, 6) is 1.42. The number of hydrogen-bond acceptors (Lipinski definition) is 4. The van der Waals surface area contributed by atoms with Crippen molar-refractivity contribution in [2.75, 3.05) is 32.7 Å². The van der Waals surface area contributed by atoms with Crippen LogP contribution in [-0.4, -0.2) is 61.8 Å². The summed E-state index contributed by atoms with van der Waals surface area (Å²) in [6, 6.07) is 7.03. The van der Waals surface area contributed by atoms with Gasteiger partial charge in [0.2, 0.25) is 15.9 Å². The monoisotopic (exact) mass is 463 g/mol. The molecule has 2 unspecified atom stereocenters. The summed E-state index contributed by atoms with van der Waals surface area (Å²) in [5, 5.41) is 3.12. The lowest BCUT2D eigenvalue weighted by molar-refractivity contribution is -0.121. The molecule has 0 bridgehead atoms. The molecule has 2 saturated heterocycles. The Balaban J connectivity index is 1.47. The van der Waals surface area contributed by atoms with E-state index in [0.717, 1.165) is 37.9 Å². The number of rotatable bonds is 8. The number of hydrogen-bond donors (Lipinski definition) is 1. The van der Waals surface area contributed by atoms with Crippen molar-refractivity contribution in [3.63, 3.8) is 0 Å². The molecule has 6 nitrogen and oxygen atoms in total. The van der Waals surface area contributed by atoms with Crippen LogP contribution in [0.4, 0.5) is 0 Å². The molecule has 0 aromatic heterocycles. The van der Waals surface area contributed by atoms with E-state index in [4.69, 9.17) is 0 Å². The predicted molar refractivity (Wildman–Crippen MR) is 129 cm³/mol. The van der Waals surface area contributed by atoms with Gasteiger partial charge in [0.1, 0.15) is 0 Å². The summed E-state index contributed by atoms with van der Waals surface area (Å²) in [5.41, 5.74) is 0.916. The SMILES string of the molecule is CC1CC(C)CN(C(C)(C)CNC(=O)CCc2ccc(S(=O)(=O)N3CCCCC3)cc2)C1. The van der Waals surface area contributed by atoms with Crippen LogP contribution in [0.25, 0.3) is 0 Å². The van der Waals surface area contributed by atoms with Gasteiger partial charge in [-0.15, -0.1) is 0 Å². The van der Waals surface area contributed by atoms with Crippen LogP contribution in [0, 0.1) is 11.8 Å². The van der Waals surface area contributed by atoms with Crippen molar-refractivity contribution >= 4 is 15.9 Å². The fourth-order valence-electron chi connectivity index (χ4n) is 5.01. The first-order valence-corrected chi connectivity index (χ1v) is 13.6. The van der Waals surface area contributed by atoms with Gasteiger partial charge in [0.05, 0.1) is 4.90 Å². The van der Waals surface area contributed by atoms with Crippen LogP contribution < -0.4 is 5.32 Å². The number of nitrogens with one attached hydrogen (secondary N) is 1. The van der Waals surface area contributed by atoms with Crippen molar-refractivity contribution in [1.82, 2.24) is 14.5 Å². The third-order valence-corrected chi connectivity index (χ3v) is 8.87. The first-order valence-electron chi connectivity index (χ1n) is 12.2. The van der Waals surface area contributed by atoms with Crippen molar-refractivity contribution in [2.45, 2.75) is 76.7 Å². The number of piperidine rings is 2. The normalized spacial score (nSPS) is 23.8. The summed E-state index contributed by atoms with van der Waals surface area (Å²) >= 11 is 0. The van der Waals surface area contributed by atoms with Gasteiger partial charge in [-0.25, -0.2) is 8.42 Å². The Morgan fingerprint density at radius 2 is 1.62 bits per heavy atom. The molecule has 0 spiro atoms. The number of carbonyl (C=O) groups is 1. The van der Waals surface area contributed by atoms with E-state index in [2.05, 4.69) is 37.9 Å². The number of amides is 1. The molecule has 2 aliphatic rings. The van der Waals surface area contributed by atoms with Gasteiger partial charge >= 0.3 is 0 Å². The smallest absolute Gasteiger partial charge is 0.243 e. The van der Waals surface area contributed by atoms with Crippen molar-refractivity contribution in [2.24, 2.45) is 11.8 Å². The molecule has 1 aromatic rings. The number of likely N-dealkylation sites (tertiary alicyclic amines) is 1. The average molecular weight is 464 g/mol. The Labute approximate surface area is 194 Å². The maximum Gasteiger partial charge on any atom is 0.243 e. The fourth-order valence-corrected chi connectivity index (χ4v) is 6.53. The highest BCUT2D eigenvalue weighted by Crippen LogP contribution is 2.27. The molecular weight excluding hydrogens is 422 g/mol. The van der Waals surface area contributed by atoms with Crippen molar-refractivity contribution in [3.05, 3.63) is 29.8 Å². The first-order chi connectivity index (χ1) is 15.1. The van der Waals surface area contributed by atoms with Gasteiger partial charge in [-0.3, -0.25) is 9.69 Å². The molecule has 2 aliphatic heterocycles. The number of carbonyl (C=O) groups excluding carboxylic acids is 1. The molecule has 7 heteroatoms. The van der Waals surface area contributed by atoms with Crippen molar-refractivity contribution in [3.8, 4) is 0 Å². The highest BCUT2D eigenvalue weighted by Gasteiger charge is 2.33. The number of nitrogens with zero attached hydrogens (tertiary/aromatic N) is 2. The average Bonchev–Trinajstić information content (AvgIpc) is 2.76. The van der Waals surface area contributed by atoms with Gasteiger partial charge in [0, 0.05) is 44.7 Å². The molecule has 2 fully saturated rings. The van der Waals surface area contributed by atoms with Crippen LogP contribution in [0.3, 0.4) is 0 Å². The van der Waals surface area contributed by atoms with Crippen LogP contribution in [0.1, 0.15) is 65.4 Å². The molecule has 32 heavy (non-hydrogen) atoms. The van der Waals surface area contributed by atoms with Gasteiger partial charge in [-0.2, -0.15) is 4.31 Å². The summed E-state index contributed by atoms with van der Waals surface area (Å²) in [4.78, 5) is 15.3. The summed E-state index contributed by atoms with van der Waals surface area (Å²) in [7, 11) is -3.40. The van der Waals surface area contributed by atoms with Crippen molar-refractivity contribution < 1.29 is 13.2 Å². The van der Waals surface area contributed by atoms with Crippen molar-refractivity contribution in [1.29, 1.82) is 0 Å². The van der Waals surface area contributed by atoms with E-state index >= 15 is 0 Å². The third-order valence-electron chi connectivity index (χ3n) is 6.96. The van der Waals surface area contributed by atoms with Crippen LogP contribution in [0.2, 0.25) is 0 Å². The lowest BCUT2D eigenvalue weighted by Gasteiger charge is -2.45. The van der Waals surface area contributed by atoms with E-state index in [1.807, 2.05) is 12.1 Å². The molecule has 3 rings (SSSR count). The third kappa shape index (κ3) is 6.55. The fraction of sp³-hybridized carbons (Fsp3) is 0.720. The minimum Gasteiger partial charge on any atom is -0.354 e. The minimum absolute atomic E-state index is 0.0428. The largest absolute Gasteiger partial charge is 0.354 e. The van der Waals surface area contributed by atoms with E-state index in [-0.39, 0.29) is 11.4 Å². The van der Waals surface area contributed by atoms with E-state index in [0.29, 0.717) is 49.2 Å². The van der Waals surface area contributed by atoms with E-state index in [1.165, 1.54) is 6.42 Å². The molecular formula is C25H41N3O3S. The van der Waals surface area contributed by atoms with E-state index < -0.39 is 10.0 Å². The van der Waals surface area contributed by atoms with Gasteiger partial charge < -0.3 is 5.32 Å². The predicted octanol–water partition coefficient (Wildman–Crippen LogP) is 3.67. The Bertz CT molecular complexity index is 851.